The Kier molecular flexibility index (Phi) is 3.92. The van der Waals surface area contributed by atoms with Crippen molar-refractivity contribution >= 4 is 35.7 Å². The van der Waals surface area contributed by atoms with Gasteiger partial charge in [0.05, 0.1) is 0 Å². The molecule has 2 aliphatic heterocycles. The molecule has 27 heavy (non-hydrogen) atoms. The first kappa shape index (κ1) is 17.0. The van der Waals surface area contributed by atoms with Crippen LogP contribution in [0.4, 0.5) is 5.82 Å². The van der Waals surface area contributed by atoms with Gasteiger partial charge in [0.15, 0.2) is 11.0 Å². The third-order valence-corrected chi connectivity index (χ3v) is 6.15. The SMILES string of the molecule is N#CB1Cc2nccc(OC3CC4(C3)CN(c3nc(Cl)nnc3Cl)C4)c2C1. The molecule has 3 aliphatic rings. The summed E-state index contributed by atoms with van der Waals surface area (Å²) in [5.41, 5.74) is 2.36. The molecule has 2 fully saturated rings. The van der Waals surface area contributed by atoms with Gasteiger partial charge < -0.3 is 9.64 Å². The minimum atomic E-state index is 0.0169. The Balaban J connectivity index is 1.21. The van der Waals surface area contributed by atoms with E-state index in [1.54, 1.807) is 6.20 Å². The topological polar surface area (TPSA) is 87.8 Å². The Morgan fingerprint density at radius 3 is 2.85 bits per heavy atom. The van der Waals surface area contributed by atoms with Crippen molar-refractivity contribution in [2.45, 2.75) is 31.6 Å². The van der Waals surface area contributed by atoms with Crippen molar-refractivity contribution in [2.24, 2.45) is 5.41 Å². The highest BCUT2D eigenvalue weighted by atomic mass is 35.5. The van der Waals surface area contributed by atoms with E-state index in [9.17, 15) is 5.26 Å². The summed E-state index contributed by atoms with van der Waals surface area (Å²) in [4.78, 5) is 10.7. The largest absolute Gasteiger partial charge is 0.490 e. The number of anilines is 1. The Hall–Kier alpha value is -2.11. The highest BCUT2D eigenvalue weighted by Crippen LogP contribution is 2.51. The Morgan fingerprint density at radius 2 is 2.07 bits per heavy atom. The molecule has 7 nitrogen and oxygen atoms in total. The Bertz CT molecular complexity index is 953. The number of hydrogen-bond donors (Lipinski definition) is 0. The van der Waals surface area contributed by atoms with Gasteiger partial charge in [-0.25, -0.2) is 5.26 Å². The van der Waals surface area contributed by atoms with E-state index in [1.165, 1.54) is 0 Å². The first-order valence-electron chi connectivity index (χ1n) is 8.89. The standard InChI is InChI=1S/C17H15BCl2N6O/c19-14-15(23-16(20)25-24-14)26-7-17(8-26)3-10(4-17)27-13-1-2-22-12-6-18(9-21)5-11(12)13/h1-2,10H,3-8H2. The van der Waals surface area contributed by atoms with Gasteiger partial charge in [-0.3, -0.25) is 4.98 Å². The monoisotopic (exact) mass is 400 g/mol. The molecule has 1 saturated carbocycles. The molecule has 0 aromatic carbocycles. The van der Waals surface area contributed by atoms with Gasteiger partial charge in [-0.05, 0) is 43.1 Å². The van der Waals surface area contributed by atoms with Crippen LogP contribution < -0.4 is 9.64 Å². The molecule has 136 valence electrons. The fraction of sp³-hybridized carbons (Fsp3) is 0.471. The van der Waals surface area contributed by atoms with E-state index in [0.29, 0.717) is 5.82 Å². The number of pyridine rings is 1. The maximum Gasteiger partial charge on any atom is 0.278 e. The van der Waals surface area contributed by atoms with Gasteiger partial charge >= 0.3 is 0 Å². The molecule has 1 aliphatic carbocycles. The summed E-state index contributed by atoms with van der Waals surface area (Å²) >= 11 is 11.9. The van der Waals surface area contributed by atoms with E-state index in [2.05, 4.69) is 31.0 Å². The predicted molar refractivity (Wildman–Crippen MR) is 101 cm³/mol. The molecule has 0 amide bonds. The van der Waals surface area contributed by atoms with E-state index in [0.717, 1.165) is 55.6 Å². The molecule has 10 heteroatoms. The number of fused-ring (bicyclic) bond motifs is 1. The molecule has 4 heterocycles. The molecule has 0 unspecified atom stereocenters. The third kappa shape index (κ3) is 2.90. The smallest absolute Gasteiger partial charge is 0.278 e. The van der Waals surface area contributed by atoms with E-state index in [4.69, 9.17) is 27.9 Å². The maximum absolute atomic E-state index is 9.18. The number of hydrogen-bond acceptors (Lipinski definition) is 7. The second kappa shape index (κ2) is 6.21. The number of halogens is 2. The van der Waals surface area contributed by atoms with Gasteiger partial charge in [-0.1, -0.05) is 11.6 Å². The molecular formula is C17H15BCl2N6O. The van der Waals surface area contributed by atoms with Crippen molar-refractivity contribution in [1.29, 1.82) is 5.26 Å². The molecular weight excluding hydrogens is 386 g/mol. The molecule has 2 aromatic rings. The van der Waals surface area contributed by atoms with Crippen LogP contribution in [0.15, 0.2) is 12.3 Å². The first-order chi connectivity index (χ1) is 13.0. The first-order valence-corrected chi connectivity index (χ1v) is 9.64. The zero-order chi connectivity index (χ0) is 18.6. The fourth-order valence-corrected chi connectivity index (χ4v) is 4.81. The maximum atomic E-state index is 9.18. The lowest BCUT2D eigenvalue weighted by atomic mass is 9.49. The van der Waals surface area contributed by atoms with Crippen molar-refractivity contribution in [3.63, 3.8) is 0 Å². The van der Waals surface area contributed by atoms with E-state index >= 15 is 0 Å². The molecule has 0 radical (unpaired) electrons. The second-order valence-corrected chi connectivity index (χ2v) is 8.36. The van der Waals surface area contributed by atoms with Gasteiger partial charge in [0.1, 0.15) is 11.9 Å². The molecule has 1 spiro atoms. The average Bonchev–Trinajstić information content (AvgIpc) is 3.02. The van der Waals surface area contributed by atoms with Crippen LogP contribution in [-0.4, -0.2) is 46.1 Å². The summed E-state index contributed by atoms with van der Waals surface area (Å²) < 4.78 is 6.25. The summed E-state index contributed by atoms with van der Waals surface area (Å²) in [6.45, 7) is 1.75. The number of nitriles is 1. The van der Waals surface area contributed by atoms with Crippen LogP contribution in [0, 0.1) is 16.6 Å². The van der Waals surface area contributed by atoms with Crippen molar-refractivity contribution in [1.82, 2.24) is 20.2 Å². The van der Waals surface area contributed by atoms with Crippen molar-refractivity contribution in [3.8, 4) is 11.7 Å². The van der Waals surface area contributed by atoms with Crippen LogP contribution >= 0.6 is 23.2 Å². The van der Waals surface area contributed by atoms with Crippen LogP contribution in [0.1, 0.15) is 24.1 Å². The number of rotatable bonds is 3. The van der Waals surface area contributed by atoms with Crippen LogP contribution in [0.3, 0.4) is 0 Å². The summed E-state index contributed by atoms with van der Waals surface area (Å²) in [6.07, 6.45) is 5.42. The third-order valence-electron chi connectivity index (χ3n) is 5.74. The van der Waals surface area contributed by atoms with E-state index < -0.39 is 0 Å². The molecule has 0 atom stereocenters. The van der Waals surface area contributed by atoms with Crippen LogP contribution in [0.25, 0.3) is 0 Å². The van der Waals surface area contributed by atoms with Gasteiger partial charge in [0.2, 0.25) is 5.28 Å². The predicted octanol–water partition coefficient (Wildman–Crippen LogP) is 2.36. The zero-order valence-electron chi connectivity index (χ0n) is 14.4. The lowest BCUT2D eigenvalue weighted by molar-refractivity contribution is -0.0347. The van der Waals surface area contributed by atoms with Gasteiger partial charge in [-0.15, -0.1) is 10.2 Å². The van der Waals surface area contributed by atoms with Gasteiger partial charge in [0.25, 0.3) is 6.71 Å². The Labute approximate surface area is 166 Å². The lowest BCUT2D eigenvalue weighted by Gasteiger charge is -2.58. The molecule has 0 bridgehead atoms. The minimum absolute atomic E-state index is 0.0169. The normalized spacial score (nSPS) is 20.0. The van der Waals surface area contributed by atoms with Crippen LogP contribution in [0.2, 0.25) is 10.4 Å². The molecule has 5 rings (SSSR count). The lowest BCUT2D eigenvalue weighted by Crippen LogP contribution is -2.65. The average molecular weight is 401 g/mol. The second-order valence-electron chi connectivity index (χ2n) is 7.67. The summed E-state index contributed by atoms with van der Waals surface area (Å²) in [7, 11) is 0. The number of nitrogens with zero attached hydrogens (tertiary/aromatic N) is 6. The van der Waals surface area contributed by atoms with Crippen molar-refractivity contribution in [3.05, 3.63) is 34.0 Å². The van der Waals surface area contributed by atoms with E-state index in [-0.39, 0.29) is 28.7 Å². The van der Waals surface area contributed by atoms with E-state index in [1.807, 2.05) is 6.07 Å². The summed E-state index contributed by atoms with van der Waals surface area (Å²) in [5.74, 6) is 3.83. The van der Waals surface area contributed by atoms with Crippen molar-refractivity contribution < 1.29 is 4.74 Å². The van der Waals surface area contributed by atoms with Crippen LogP contribution in [-0.2, 0) is 12.6 Å². The Morgan fingerprint density at radius 1 is 1.26 bits per heavy atom. The highest BCUT2D eigenvalue weighted by Gasteiger charge is 2.54. The van der Waals surface area contributed by atoms with Gasteiger partial charge in [-0.2, -0.15) is 4.98 Å². The highest BCUT2D eigenvalue weighted by molar-refractivity contribution is 6.67. The molecule has 1 saturated heterocycles. The summed E-state index contributed by atoms with van der Waals surface area (Å²) in [6, 6.07) is 1.92. The van der Waals surface area contributed by atoms with Crippen molar-refractivity contribution in [2.75, 3.05) is 18.0 Å². The molecule has 2 aromatic heterocycles. The van der Waals surface area contributed by atoms with Crippen LogP contribution in [0.5, 0.6) is 5.75 Å². The van der Waals surface area contributed by atoms with Gasteiger partial charge in [0, 0.05) is 41.9 Å². The molecule has 0 N–H and O–H groups in total. The fourth-order valence-electron chi connectivity index (χ4n) is 4.49. The quantitative estimate of drug-likeness (QED) is 0.730. The zero-order valence-corrected chi connectivity index (χ0v) is 15.9. The minimum Gasteiger partial charge on any atom is -0.490 e. The number of aromatic nitrogens is 4. The summed E-state index contributed by atoms with van der Waals surface area (Å²) in [5, 5.41) is 17.0. The number of ether oxygens (including phenoxy) is 1.